The third kappa shape index (κ3) is 5.99. The maximum atomic E-state index is 15.2. The third-order valence-corrected chi connectivity index (χ3v) is 7.36. The van der Waals surface area contributed by atoms with Gasteiger partial charge in [-0.05, 0) is 48.5 Å². The fraction of sp³-hybridized carbons (Fsp3) is 0.333. The van der Waals surface area contributed by atoms with Crippen LogP contribution in [0.15, 0.2) is 59.5 Å². The molecule has 0 spiro atoms. The van der Waals surface area contributed by atoms with Gasteiger partial charge in [-0.25, -0.2) is 22.5 Å². The van der Waals surface area contributed by atoms with E-state index in [1.54, 1.807) is 0 Å². The molecule has 42 heavy (non-hydrogen) atoms. The van der Waals surface area contributed by atoms with Crippen LogP contribution in [-0.2, 0) is 13.8 Å². The molecule has 1 fully saturated rings. The molecule has 1 aromatic heterocycles. The molecule has 2 heterocycles. The number of anilines is 1. The Morgan fingerprint density at radius 1 is 1.02 bits per heavy atom. The van der Waals surface area contributed by atoms with Gasteiger partial charge in [0.1, 0.15) is 23.0 Å². The summed E-state index contributed by atoms with van der Waals surface area (Å²) in [6.07, 6.45) is -10.2. The number of aliphatic hydroxyl groups is 1. The van der Waals surface area contributed by atoms with Crippen LogP contribution in [0, 0.1) is 5.82 Å². The highest BCUT2D eigenvalue weighted by Crippen LogP contribution is 2.55. The van der Waals surface area contributed by atoms with E-state index in [9.17, 15) is 27.6 Å². The fourth-order valence-electron chi connectivity index (χ4n) is 3.81. The normalized spacial score (nSPS) is 21.7. The molecule has 1 aliphatic heterocycles. The summed E-state index contributed by atoms with van der Waals surface area (Å²) in [4.78, 5) is 15.2. The van der Waals surface area contributed by atoms with Crippen molar-refractivity contribution in [3.63, 3.8) is 0 Å². The maximum Gasteiger partial charge on any atom is 0.587 e. The maximum absolute atomic E-state index is 15.2. The first-order valence-corrected chi connectivity index (χ1v) is 13.2. The second-order valence-corrected chi connectivity index (χ2v) is 10.2. The molecular formula is C24H23F5N3O9P. The molecule has 0 saturated carbocycles. The van der Waals surface area contributed by atoms with Gasteiger partial charge in [-0.3, -0.25) is 9.09 Å². The van der Waals surface area contributed by atoms with Gasteiger partial charge < -0.3 is 34.1 Å². The van der Waals surface area contributed by atoms with Crippen molar-refractivity contribution >= 4 is 13.6 Å². The summed E-state index contributed by atoms with van der Waals surface area (Å²) in [5.74, 6) is -6.66. The molecule has 0 amide bonds. The summed E-state index contributed by atoms with van der Waals surface area (Å²) in [6.45, 7) is -1.72. The zero-order valence-electron chi connectivity index (χ0n) is 21.7. The SMILES string of the molecule is COc1ccc(OP(=O)(OC[C@@]2(C(F)F)O[C@@H](n3cc(F)c(N)nc3=O)C(F)(F)[C@H]2O)Oc2ccc(OC)cc2)cc1. The molecule has 0 radical (unpaired) electrons. The van der Waals surface area contributed by atoms with Crippen LogP contribution >= 0.6 is 7.82 Å². The Labute approximate surface area is 233 Å². The van der Waals surface area contributed by atoms with Crippen LogP contribution in [0.25, 0.3) is 0 Å². The van der Waals surface area contributed by atoms with Crippen LogP contribution in [0.5, 0.6) is 23.0 Å². The standard InChI is InChI=1S/C24H23F5N3O9P/c1-36-13-3-7-15(8-4-13)40-42(35,41-16-9-5-14(37-2)6-10-16)38-12-23(20(26)27)19(33)24(28,29)21(39-23)32-11-17(25)18(30)31-22(32)34/h3-11,19-21,33H,12H2,1-2H3,(H2,30,31,34)/t19-,21+,23+/m0/s1. The molecule has 1 aliphatic rings. The number of benzene rings is 2. The molecule has 0 aliphatic carbocycles. The van der Waals surface area contributed by atoms with E-state index in [0.29, 0.717) is 11.5 Å². The van der Waals surface area contributed by atoms with E-state index in [1.807, 2.05) is 0 Å². The number of phosphoric acid groups is 1. The highest BCUT2D eigenvalue weighted by Gasteiger charge is 2.71. The summed E-state index contributed by atoms with van der Waals surface area (Å²) >= 11 is 0. The van der Waals surface area contributed by atoms with Crippen LogP contribution < -0.4 is 29.9 Å². The Morgan fingerprint density at radius 3 is 1.95 bits per heavy atom. The van der Waals surface area contributed by atoms with Gasteiger partial charge in [0.25, 0.3) is 6.43 Å². The molecule has 3 aromatic rings. The molecule has 0 bridgehead atoms. The Morgan fingerprint density at radius 2 is 1.50 bits per heavy atom. The van der Waals surface area contributed by atoms with Gasteiger partial charge in [0, 0.05) is 0 Å². The summed E-state index contributed by atoms with van der Waals surface area (Å²) in [6, 6.07) is 10.6. The number of methoxy groups -OCH3 is 2. The Bertz CT molecular complexity index is 1460. The second kappa shape index (κ2) is 11.8. The number of nitrogens with two attached hydrogens (primary N) is 1. The number of aromatic nitrogens is 2. The number of hydrogen-bond donors (Lipinski definition) is 2. The van der Waals surface area contributed by atoms with Crippen molar-refractivity contribution in [1.29, 1.82) is 0 Å². The molecule has 18 heteroatoms. The predicted octanol–water partition coefficient (Wildman–Crippen LogP) is 3.79. The minimum Gasteiger partial charge on any atom is -0.497 e. The van der Waals surface area contributed by atoms with Crippen LogP contribution in [0.1, 0.15) is 6.23 Å². The van der Waals surface area contributed by atoms with Gasteiger partial charge in [-0.2, -0.15) is 13.8 Å². The van der Waals surface area contributed by atoms with Crippen molar-refractivity contribution in [3.05, 3.63) is 71.0 Å². The highest BCUT2D eigenvalue weighted by molar-refractivity contribution is 7.49. The number of hydrogen-bond acceptors (Lipinski definition) is 11. The van der Waals surface area contributed by atoms with Gasteiger partial charge in [0.2, 0.25) is 6.23 Å². The number of rotatable bonds is 11. The zero-order chi connectivity index (χ0) is 30.9. The number of nitrogen functional groups attached to an aromatic ring is 1. The highest BCUT2D eigenvalue weighted by atomic mass is 31.2. The predicted molar refractivity (Wildman–Crippen MR) is 133 cm³/mol. The Balaban J connectivity index is 1.68. The van der Waals surface area contributed by atoms with Crippen molar-refractivity contribution in [3.8, 4) is 23.0 Å². The van der Waals surface area contributed by atoms with Crippen molar-refractivity contribution in [1.82, 2.24) is 9.55 Å². The second-order valence-electron chi connectivity index (χ2n) is 8.72. The van der Waals surface area contributed by atoms with Crippen molar-refractivity contribution < 1.29 is 59.4 Å². The van der Waals surface area contributed by atoms with Crippen LogP contribution in [0.4, 0.5) is 27.8 Å². The quantitative estimate of drug-likeness (QED) is 0.237. The molecule has 3 atom stereocenters. The van der Waals surface area contributed by atoms with Crippen molar-refractivity contribution in [2.45, 2.75) is 30.3 Å². The number of phosphoric ester groups is 1. The molecule has 12 nitrogen and oxygen atoms in total. The first-order chi connectivity index (χ1) is 19.7. The molecule has 4 rings (SSSR count). The Kier molecular flexibility index (Phi) is 8.68. The van der Waals surface area contributed by atoms with E-state index in [1.165, 1.54) is 62.8 Å². The number of ether oxygens (including phenoxy) is 3. The lowest BCUT2D eigenvalue weighted by atomic mass is 9.96. The van der Waals surface area contributed by atoms with E-state index >= 15 is 8.78 Å². The largest absolute Gasteiger partial charge is 0.587 e. The minimum absolute atomic E-state index is 0.152. The van der Waals surface area contributed by atoms with Crippen molar-refractivity contribution in [2.75, 3.05) is 26.6 Å². The summed E-state index contributed by atoms with van der Waals surface area (Å²) < 4.78 is 117. The number of halogens is 5. The van der Waals surface area contributed by atoms with E-state index in [0.717, 1.165) is 0 Å². The fourth-order valence-corrected chi connectivity index (χ4v) is 5.07. The van der Waals surface area contributed by atoms with Gasteiger partial charge in [-0.15, -0.1) is 0 Å². The van der Waals surface area contributed by atoms with E-state index in [4.69, 9.17) is 33.5 Å². The average Bonchev–Trinajstić information content (AvgIpc) is 3.16. The third-order valence-electron chi connectivity index (χ3n) is 6.05. The minimum atomic E-state index is -5.04. The van der Waals surface area contributed by atoms with Gasteiger partial charge in [0.05, 0.1) is 27.0 Å². The molecular weight excluding hydrogens is 600 g/mol. The molecule has 2 aromatic carbocycles. The van der Waals surface area contributed by atoms with Crippen molar-refractivity contribution in [2.24, 2.45) is 0 Å². The Hall–Kier alpha value is -3.92. The van der Waals surface area contributed by atoms with E-state index in [-0.39, 0.29) is 22.3 Å². The lowest BCUT2D eigenvalue weighted by Gasteiger charge is -2.31. The van der Waals surface area contributed by atoms with Crippen LogP contribution in [0.2, 0.25) is 0 Å². The lowest BCUT2D eigenvalue weighted by Crippen LogP contribution is -2.54. The average molecular weight is 623 g/mol. The van der Waals surface area contributed by atoms with Gasteiger partial charge in [-0.1, -0.05) is 0 Å². The van der Waals surface area contributed by atoms with Gasteiger partial charge >= 0.3 is 19.4 Å². The summed E-state index contributed by atoms with van der Waals surface area (Å²) in [5.41, 5.74) is -0.0718. The zero-order valence-corrected chi connectivity index (χ0v) is 22.6. The smallest absolute Gasteiger partial charge is 0.497 e. The first kappa shape index (κ1) is 31.0. The van der Waals surface area contributed by atoms with Crippen LogP contribution in [-0.4, -0.2) is 59.5 Å². The molecule has 1 saturated heterocycles. The topological polar surface area (TPSA) is 154 Å². The van der Waals surface area contributed by atoms with E-state index in [2.05, 4.69) is 4.98 Å². The lowest BCUT2D eigenvalue weighted by molar-refractivity contribution is -0.193. The summed E-state index contributed by atoms with van der Waals surface area (Å²) in [7, 11) is -2.29. The van der Waals surface area contributed by atoms with E-state index < -0.39 is 62.0 Å². The number of nitrogens with zero attached hydrogens (tertiary/aromatic N) is 2. The molecule has 0 unspecified atom stereocenters. The summed E-state index contributed by atoms with van der Waals surface area (Å²) in [5, 5.41) is 10.4. The van der Waals surface area contributed by atoms with Gasteiger partial charge in [0.15, 0.2) is 23.3 Å². The monoisotopic (exact) mass is 623 g/mol. The number of aliphatic hydroxyl groups excluding tert-OH is 1. The molecule has 3 N–H and O–H groups in total. The number of alkyl halides is 4. The molecule has 228 valence electrons. The van der Waals surface area contributed by atoms with Crippen LogP contribution in [0.3, 0.4) is 0 Å². The first-order valence-electron chi connectivity index (χ1n) is 11.7.